The second-order valence-electron chi connectivity index (χ2n) is 8.16. The number of nitrogens with zero attached hydrogens (tertiary/aromatic N) is 3. The van der Waals surface area contributed by atoms with Crippen molar-refractivity contribution in [2.24, 2.45) is 11.8 Å². The van der Waals surface area contributed by atoms with Crippen LogP contribution in [0.5, 0.6) is 0 Å². The van der Waals surface area contributed by atoms with Gasteiger partial charge in [-0.15, -0.1) is 11.3 Å². The van der Waals surface area contributed by atoms with Gasteiger partial charge in [0.2, 0.25) is 5.91 Å². The van der Waals surface area contributed by atoms with Gasteiger partial charge in [0.1, 0.15) is 5.01 Å². The molecule has 0 radical (unpaired) electrons. The van der Waals surface area contributed by atoms with Crippen molar-refractivity contribution in [3.05, 3.63) is 40.7 Å². The van der Waals surface area contributed by atoms with E-state index in [0.717, 1.165) is 38.3 Å². The van der Waals surface area contributed by atoms with E-state index in [1.807, 2.05) is 19.9 Å². The highest BCUT2D eigenvalue weighted by molar-refractivity contribution is 7.09. The number of carbonyl (C=O) groups excluding carboxylic acids is 1. The fourth-order valence-electron chi connectivity index (χ4n) is 4.57. The molecule has 27 heavy (non-hydrogen) atoms. The third-order valence-corrected chi connectivity index (χ3v) is 6.78. The lowest BCUT2D eigenvalue weighted by molar-refractivity contribution is -0.138. The molecular weight excluding hydrogens is 354 g/mol. The van der Waals surface area contributed by atoms with E-state index in [9.17, 15) is 4.79 Å². The van der Waals surface area contributed by atoms with Crippen molar-refractivity contribution in [3.63, 3.8) is 0 Å². The summed E-state index contributed by atoms with van der Waals surface area (Å²) in [5, 5.41) is 3.38. The minimum absolute atomic E-state index is 0.105. The lowest BCUT2D eigenvalue weighted by atomic mass is 9.83. The average Bonchev–Trinajstić information content (AvgIpc) is 3.16. The molecule has 2 aliphatic heterocycles. The normalized spacial score (nSPS) is 23.4. The molecule has 5 heteroatoms. The summed E-state index contributed by atoms with van der Waals surface area (Å²) in [5.74, 6) is 1.04. The second kappa shape index (κ2) is 8.11. The Hall–Kier alpha value is -1.72. The topological polar surface area (TPSA) is 36.4 Å². The minimum atomic E-state index is 0.105. The van der Waals surface area contributed by atoms with E-state index in [4.69, 9.17) is 4.98 Å². The Morgan fingerprint density at radius 1 is 1.22 bits per heavy atom. The van der Waals surface area contributed by atoms with Gasteiger partial charge in [0, 0.05) is 36.0 Å². The number of carbonyl (C=O) groups is 1. The monoisotopic (exact) mass is 383 g/mol. The maximum Gasteiger partial charge on any atom is 0.225 e. The molecule has 0 N–H and O–H groups in total. The number of likely N-dealkylation sites (tertiary alicyclic amines) is 2. The zero-order valence-electron chi connectivity index (χ0n) is 16.3. The fraction of sp³-hybridized carbons (Fsp3) is 0.545. The summed E-state index contributed by atoms with van der Waals surface area (Å²) < 4.78 is 0. The van der Waals surface area contributed by atoms with Crippen molar-refractivity contribution in [2.75, 3.05) is 19.6 Å². The van der Waals surface area contributed by atoms with E-state index in [1.165, 1.54) is 23.4 Å². The van der Waals surface area contributed by atoms with E-state index in [2.05, 4.69) is 39.4 Å². The molecule has 0 unspecified atom stereocenters. The molecule has 1 amide bonds. The highest BCUT2D eigenvalue weighted by Crippen LogP contribution is 2.33. The van der Waals surface area contributed by atoms with E-state index in [1.54, 1.807) is 11.3 Å². The van der Waals surface area contributed by atoms with Gasteiger partial charge in [-0.25, -0.2) is 4.98 Å². The third kappa shape index (κ3) is 4.09. The van der Waals surface area contributed by atoms with Gasteiger partial charge in [-0.3, -0.25) is 9.69 Å². The highest BCUT2D eigenvalue weighted by Gasteiger charge is 2.37. The summed E-state index contributed by atoms with van der Waals surface area (Å²) in [7, 11) is 0. The van der Waals surface area contributed by atoms with Crippen molar-refractivity contribution in [1.29, 1.82) is 0 Å². The molecule has 0 spiro atoms. The average molecular weight is 384 g/mol. The van der Waals surface area contributed by atoms with Crippen LogP contribution in [-0.2, 0) is 11.3 Å². The maximum absolute atomic E-state index is 12.4. The Labute approximate surface area is 166 Å². The molecule has 2 saturated heterocycles. The number of benzene rings is 1. The lowest BCUT2D eigenvalue weighted by Gasteiger charge is -2.47. The summed E-state index contributed by atoms with van der Waals surface area (Å²) in [4.78, 5) is 22.0. The van der Waals surface area contributed by atoms with E-state index < -0.39 is 0 Å². The molecule has 4 nitrogen and oxygen atoms in total. The van der Waals surface area contributed by atoms with Crippen LogP contribution in [-0.4, -0.2) is 46.4 Å². The number of hydrogen-bond acceptors (Lipinski definition) is 4. The van der Waals surface area contributed by atoms with Crippen LogP contribution in [0.3, 0.4) is 0 Å². The van der Waals surface area contributed by atoms with Crippen LogP contribution in [0.1, 0.15) is 38.1 Å². The molecule has 3 heterocycles. The molecule has 0 aliphatic carbocycles. The Kier molecular flexibility index (Phi) is 5.60. The summed E-state index contributed by atoms with van der Waals surface area (Å²) in [6.45, 7) is 7.95. The molecule has 2 atom stereocenters. The van der Waals surface area contributed by atoms with Gasteiger partial charge >= 0.3 is 0 Å². The Balaban J connectivity index is 1.42. The molecule has 0 bridgehead atoms. The van der Waals surface area contributed by atoms with Crippen LogP contribution >= 0.6 is 11.3 Å². The SMILES string of the molecule is CC(C)C(=O)N1CC[C@@H]2[C@H](CCCN2Cc2nc(-c3ccccc3)cs2)C1. The summed E-state index contributed by atoms with van der Waals surface area (Å²) in [5.41, 5.74) is 2.28. The van der Waals surface area contributed by atoms with Gasteiger partial charge < -0.3 is 4.90 Å². The predicted molar refractivity (Wildman–Crippen MR) is 111 cm³/mol. The smallest absolute Gasteiger partial charge is 0.225 e. The van der Waals surface area contributed by atoms with E-state index in [0.29, 0.717) is 17.9 Å². The number of fused-ring (bicyclic) bond motifs is 1. The van der Waals surface area contributed by atoms with Crippen LogP contribution in [0.4, 0.5) is 0 Å². The van der Waals surface area contributed by atoms with Gasteiger partial charge in [-0.2, -0.15) is 0 Å². The first-order chi connectivity index (χ1) is 13.1. The Bertz CT molecular complexity index is 773. The number of thiazole rings is 1. The van der Waals surface area contributed by atoms with Crippen LogP contribution in [0.15, 0.2) is 35.7 Å². The third-order valence-electron chi connectivity index (χ3n) is 5.95. The molecule has 4 rings (SSSR count). The molecule has 2 aliphatic rings. The maximum atomic E-state index is 12.4. The van der Waals surface area contributed by atoms with Gasteiger partial charge in [-0.1, -0.05) is 44.2 Å². The number of piperidine rings is 2. The molecule has 2 fully saturated rings. The summed E-state index contributed by atoms with van der Waals surface area (Å²) in [6.07, 6.45) is 3.57. The van der Waals surface area contributed by atoms with Gasteiger partial charge in [0.05, 0.1) is 12.2 Å². The predicted octanol–water partition coefficient (Wildman–Crippen LogP) is 4.28. The molecule has 1 aromatic carbocycles. The first-order valence-electron chi connectivity index (χ1n) is 10.1. The number of rotatable bonds is 4. The number of amides is 1. The standard InChI is InChI=1S/C22H29N3OS/c1-16(2)22(26)25-12-10-20-18(13-25)9-6-11-24(20)14-21-23-19(15-27-21)17-7-4-3-5-8-17/h3-5,7-8,15-16,18,20H,6,9-14H2,1-2H3/t18-,20-/m1/s1. The van der Waals surface area contributed by atoms with Crippen LogP contribution in [0.25, 0.3) is 11.3 Å². The van der Waals surface area contributed by atoms with Crippen LogP contribution in [0, 0.1) is 11.8 Å². The first-order valence-corrected chi connectivity index (χ1v) is 11.0. The number of aromatic nitrogens is 1. The van der Waals surface area contributed by atoms with Crippen LogP contribution < -0.4 is 0 Å². The minimum Gasteiger partial charge on any atom is -0.342 e. The zero-order chi connectivity index (χ0) is 18.8. The second-order valence-corrected chi connectivity index (χ2v) is 9.10. The lowest BCUT2D eigenvalue weighted by Crippen LogP contribution is -2.55. The van der Waals surface area contributed by atoms with Crippen molar-refractivity contribution in [1.82, 2.24) is 14.8 Å². The Morgan fingerprint density at radius 2 is 2.04 bits per heavy atom. The Morgan fingerprint density at radius 3 is 2.81 bits per heavy atom. The van der Waals surface area contributed by atoms with Crippen molar-refractivity contribution < 1.29 is 4.79 Å². The van der Waals surface area contributed by atoms with Crippen molar-refractivity contribution in [2.45, 2.75) is 45.7 Å². The van der Waals surface area contributed by atoms with Crippen molar-refractivity contribution in [3.8, 4) is 11.3 Å². The van der Waals surface area contributed by atoms with Crippen molar-refractivity contribution >= 4 is 17.2 Å². The quantitative estimate of drug-likeness (QED) is 0.791. The molecular formula is C22H29N3OS. The summed E-state index contributed by atoms with van der Waals surface area (Å²) in [6, 6.07) is 11.0. The fourth-order valence-corrected chi connectivity index (χ4v) is 5.39. The molecule has 2 aromatic rings. The number of hydrogen-bond donors (Lipinski definition) is 0. The van der Waals surface area contributed by atoms with Gasteiger partial charge in [0.25, 0.3) is 0 Å². The van der Waals surface area contributed by atoms with Gasteiger partial charge in [0.15, 0.2) is 0 Å². The van der Waals surface area contributed by atoms with Crippen LogP contribution in [0.2, 0.25) is 0 Å². The summed E-state index contributed by atoms with van der Waals surface area (Å²) >= 11 is 1.77. The molecule has 0 saturated carbocycles. The highest BCUT2D eigenvalue weighted by atomic mass is 32.1. The van der Waals surface area contributed by atoms with E-state index >= 15 is 0 Å². The van der Waals surface area contributed by atoms with E-state index in [-0.39, 0.29) is 5.92 Å². The largest absolute Gasteiger partial charge is 0.342 e. The molecule has 144 valence electrons. The first kappa shape index (κ1) is 18.6. The molecule has 1 aromatic heterocycles. The van der Waals surface area contributed by atoms with Gasteiger partial charge in [-0.05, 0) is 31.7 Å². The zero-order valence-corrected chi connectivity index (χ0v) is 17.1.